The molecule has 2 aromatic rings. The molecule has 0 fully saturated rings. The minimum Gasteiger partial charge on any atom is -0.492 e. The highest BCUT2D eigenvalue weighted by Gasteiger charge is 2.04. The second-order valence-corrected chi connectivity index (χ2v) is 6.63. The van der Waals surface area contributed by atoms with Gasteiger partial charge in [-0.05, 0) is 42.3 Å². The average molecular weight is 430 g/mol. The zero-order valence-electron chi connectivity index (χ0n) is 12.6. The van der Waals surface area contributed by atoms with Gasteiger partial charge in [-0.25, -0.2) is 5.43 Å². The first-order valence-electron chi connectivity index (χ1n) is 7.20. The monoisotopic (exact) mass is 428 g/mol. The topological polar surface area (TPSA) is 50.7 Å². The Labute approximate surface area is 158 Å². The van der Waals surface area contributed by atoms with Crippen LogP contribution >= 0.6 is 39.1 Å². The first-order valence-corrected chi connectivity index (χ1v) is 8.75. The van der Waals surface area contributed by atoms with E-state index >= 15 is 0 Å². The minimum atomic E-state index is -0.174. The highest BCUT2D eigenvalue weighted by molar-refractivity contribution is 9.10. The van der Waals surface area contributed by atoms with Gasteiger partial charge in [0.1, 0.15) is 5.75 Å². The third kappa shape index (κ3) is 6.51. The smallest absolute Gasteiger partial charge is 0.240 e. The number of nitrogens with one attached hydrogen (secondary N) is 1. The largest absolute Gasteiger partial charge is 0.492 e. The maximum absolute atomic E-state index is 11.7. The Bertz CT molecular complexity index is 738. The summed E-state index contributed by atoms with van der Waals surface area (Å²) in [5.41, 5.74) is 3.38. The molecule has 1 amide bonds. The molecule has 0 aromatic heterocycles. The van der Waals surface area contributed by atoms with E-state index < -0.39 is 0 Å². The Hall–Kier alpha value is -1.56. The number of amides is 1. The number of nitrogens with zero attached hydrogens (tertiary/aromatic N) is 1. The Morgan fingerprint density at radius 3 is 2.83 bits per heavy atom. The lowest BCUT2D eigenvalue weighted by Crippen LogP contribution is -2.18. The standard InChI is InChI=1S/C17H15BrCl2N2O2/c18-13-4-1-3-12(9-13)11-21-22-17(23)5-2-8-24-16-7-6-14(19)10-15(16)20/h1,3-4,6-7,9-11H,2,5,8H2,(H,22,23)/b21-11-. The molecule has 1 N–H and O–H groups in total. The highest BCUT2D eigenvalue weighted by atomic mass is 79.9. The van der Waals surface area contributed by atoms with E-state index in [2.05, 4.69) is 26.5 Å². The number of carbonyl (C=O) groups excluding carboxylic acids is 1. The van der Waals surface area contributed by atoms with Crippen molar-refractivity contribution < 1.29 is 9.53 Å². The molecule has 7 heteroatoms. The van der Waals surface area contributed by atoms with Crippen molar-refractivity contribution in [3.05, 3.63) is 62.5 Å². The molecule has 0 atom stereocenters. The predicted molar refractivity (Wildman–Crippen MR) is 101 cm³/mol. The van der Waals surface area contributed by atoms with E-state index in [0.29, 0.717) is 35.2 Å². The molecule has 0 bridgehead atoms. The van der Waals surface area contributed by atoms with Crippen LogP contribution in [0, 0.1) is 0 Å². The molecular weight excluding hydrogens is 415 g/mol. The Balaban J connectivity index is 1.68. The number of ether oxygens (including phenoxy) is 1. The Morgan fingerprint density at radius 2 is 2.08 bits per heavy atom. The van der Waals surface area contributed by atoms with Gasteiger partial charge in [0.25, 0.3) is 0 Å². The van der Waals surface area contributed by atoms with E-state index in [1.54, 1.807) is 24.4 Å². The van der Waals surface area contributed by atoms with Gasteiger partial charge in [-0.15, -0.1) is 0 Å². The zero-order valence-corrected chi connectivity index (χ0v) is 15.7. The molecule has 0 saturated heterocycles. The molecule has 2 aromatic carbocycles. The van der Waals surface area contributed by atoms with Crippen molar-refractivity contribution in [3.8, 4) is 5.75 Å². The molecule has 4 nitrogen and oxygen atoms in total. The van der Waals surface area contributed by atoms with Crippen molar-refractivity contribution in [2.24, 2.45) is 5.10 Å². The molecule has 0 heterocycles. The van der Waals surface area contributed by atoms with Crippen molar-refractivity contribution in [1.29, 1.82) is 0 Å². The van der Waals surface area contributed by atoms with Crippen LogP contribution in [0.15, 0.2) is 52.0 Å². The second-order valence-electron chi connectivity index (χ2n) is 4.87. The van der Waals surface area contributed by atoms with Gasteiger partial charge in [0.2, 0.25) is 5.91 Å². The van der Waals surface area contributed by atoms with Crippen LogP contribution in [-0.4, -0.2) is 18.7 Å². The third-order valence-electron chi connectivity index (χ3n) is 2.95. The van der Waals surface area contributed by atoms with Gasteiger partial charge < -0.3 is 4.74 Å². The molecule has 0 aliphatic rings. The number of hydrogen-bond acceptors (Lipinski definition) is 3. The fraction of sp³-hybridized carbons (Fsp3) is 0.176. The number of carbonyl (C=O) groups is 1. The zero-order chi connectivity index (χ0) is 17.4. The lowest BCUT2D eigenvalue weighted by molar-refractivity contribution is -0.121. The molecule has 0 radical (unpaired) electrons. The van der Waals surface area contributed by atoms with Crippen LogP contribution in [0.25, 0.3) is 0 Å². The first-order chi connectivity index (χ1) is 11.5. The van der Waals surface area contributed by atoms with Crippen molar-refractivity contribution in [2.45, 2.75) is 12.8 Å². The average Bonchev–Trinajstić information content (AvgIpc) is 2.53. The van der Waals surface area contributed by atoms with E-state index in [1.165, 1.54) is 0 Å². The number of benzene rings is 2. The molecular formula is C17H15BrCl2N2O2. The molecule has 2 rings (SSSR count). The van der Waals surface area contributed by atoms with Crippen LogP contribution < -0.4 is 10.2 Å². The van der Waals surface area contributed by atoms with Crippen LogP contribution in [0.2, 0.25) is 10.0 Å². The maximum Gasteiger partial charge on any atom is 0.240 e. The van der Waals surface area contributed by atoms with E-state index in [9.17, 15) is 4.79 Å². The van der Waals surface area contributed by atoms with Crippen molar-refractivity contribution in [1.82, 2.24) is 5.43 Å². The van der Waals surface area contributed by atoms with Gasteiger partial charge in [-0.1, -0.05) is 51.3 Å². The van der Waals surface area contributed by atoms with E-state index in [1.807, 2.05) is 24.3 Å². The summed E-state index contributed by atoms with van der Waals surface area (Å²) < 4.78 is 6.47. The molecule has 0 aliphatic carbocycles. The predicted octanol–water partition coefficient (Wildman–Crippen LogP) is 5.07. The summed E-state index contributed by atoms with van der Waals surface area (Å²) in [4.78, 5) is 11.7. The van der Waals surface area contributed by atoms with Crippen LogP contribution in [0.5, 0.6) is 5.75 Å². The maximum atomic E-state index is 11.7. The normalized spacial score (nSPS) is 10.8. The summed E-state index contributed by atoms with van der Waals surface area (Å²) in [6, 6.07) is 12.6. The summed E-state index contributed by atoms with van der Waals surface area (Å²) >= 11 is 15.2. The molecule has 0 unspecified atom stereocenters. The van der Waals surface area contributed by atoms with Crippen LogP contribution in [0.4, 0.5) is 0 Å². The summed E-state index contributed by atoms with van der Waals surface area (Å²) in [5, 5.41) is 4.92. The van der Waals surface area contributed by atoms with Gasteiger partial charge in [-0.3, -0.25) is 4.79 Å². The lowest BCUT2D eigenvalue weighted by Gasteiger charge is -2.07. The summed E-state index contributed by atoms with van der Waals surface area (Å²) in [7, 11) is 0. The lowest BCUT2D eigenvalue weighted by atomic mass is 10.2. The summed E-state index contributed by atoms with van der Waals surface area (Å²) in [5.74, 6) is 0.376. The first kappa shape index (κ1) is 18.8. The molecule has 0 spiro atoms. The fourth-order valence-corrected chi connectivity index (χ4v) is 2.71. The van der Waals surface area contributed by atoms with Gasteiger partial charge in [0, 0.05) is 15.9 Å². The quantitative estimate of drug-likeness (QED) is 0.379. The van der Waals surface area contributed by atoms with Crippen molar-refractivity contribution >= 4 is 51.3 Å². The van der Waals surface area contributed by atoms with E-state index in [-0.39, 0.29) is 5.91 Å². The number of rotatable bonds is 7. The highest BCUT2D eigenvalue weighted by Crippen LogP contribution is 2.27. The van der Waals surface area contributed by atoms with Gasteiger partial charge >= 0.3 is 0 Å². The van der Waals surface area contributed by atoms with Crippen molar-refractivity contribution in [2.75, 3.05) is 6.61 Å². The second kappa shape index (κ2) is 9.67. The van der Waals surface area contributed by atoms with Crippen LogP contribution in [-0.2, 0) is 4.79 Å². The van der Waals surface area contributed by atoms with E-state index in [0.717, 1.165) is 10.0 Å². The Morgan fingerprint density at radius 1 is 1.25 bits per heavy atom. The Kier molecular flexibility index (Phi) is 7.56. The minimum absolute atomic E-state index is 0.174. The summed E-state index contributed by atoms with van der Waals surface area (Å²) in [6.07, 6.45) is 2.45. The van der Waals surface area contributed by atoms with Gasteiger partial charge in [0.05, 0.1) is 17.8 Å². The third-order valence-corrected chi connectivity index (χ3v) is 3.97. The van der Waals surface area contributed by atoms with Crippen LogP contribution in [0.1, 0.15) is 18.4 Å². The van der Waals surface area contributed by atoms with Crippen LogP contribution in [0.3, 0.4) is 0 Å². The number of hydrazone groups is 1. The molecule has 0 saturated carbocycles. The molecule has 0 aliphatic heterocycles. The van der Waals surface area contributed by atoms with Gasteiger partial charge in [0.15, 0.2) is 0 Å². The SMILES string of the molecule is O=C(CCCOc1ccc(Cl)cc1Cl)N/N=C\c1cccc(Br)c1. The molecule has 24 heavy (non-hydrogen) atoms. The van der Waals surface area contributed by atoms with Crippen molar-refractivity contribution in [3.63, 3.8) is 0 Å². The number of halogens is 3. The van der Waals surface area contributed by atoms with E-state index in [4.69, 9.17) is 27.9 Å². The van der Waals surface area contributed by atoms with Gasteiger partial charge in [-0.2, -0.15) is 5.10 Å². The fourth-order valence-electron chi connectivity index (χ4n) is 1.83. The summed E-state index contributed by atoms with van der Waals surface area (Å²) in [6.45, 7) is 0.379. The molecule has 126 valence electrons. The number of hydrogen-bond donors (Lipinski definition) is 1.